The largest absolute Gasteiger partial charge is 0.306 e. The minimum atomic E-state index is 0.144. The van der Waals surface area contributed by atoms with Crippen LogP contribution in [0, 0.1) is 13.8 Å². The Morgan fingerprint density at radius 1 is 1.14 bits per heavy atom. The molecule has 0 amide bonds. The highest BCUT2D eigenvalue weighted by Crippen LogP contribution is 2.36. The lowest BCUT2D eigenvalue weighted by molar-refractivity contribution is 0.152. The number of amidine groups is 1. The Kier molecular flexibility index (Phi) is 4.94. The number of rotatable bonds is 3. The smallest absolute Gasteiger partial charge is 0.189 e. The second kappa shape index (κ2) is 7.59. The molecule has 29 heavy (non-hydrogen) atoms. The van der Waals surface area contributed by atoms with Crippen LogP contribution in [0.3, 0.4) is 0 Å². The molecule has 3 atom stereocenters. The fraction of sp³-hybridized carbons (Fsp3) is 0.318. The highest BCUT2D eigenvalue weighted by molar-refractivity contribution is 8.13. The third-order valence-electron chi connectivity index (χ3n) is 5.90. The summed E-state index contributed by atoms with van der Waals surface area (Å²) in [5.74, 6) is 0.843. The number of benzene rings is 2. The first-order valence-corrected chi connectivity index (χ1v) is 11.2. The predicted molar refractivity (Wildman–Crippen MR) is 120 cm³/mol. The predicted octanol–water partition coefficient (Wildman–Crippen LogP) is 4.50. The molecule has 0 spiro atoms. The van der Waals surface area contributed by atoms with Crippen LogP contribution in [0.2, 0.25) is 5.02 Å². The topological polar surface area (TPSA) is 42.9 Å². The van der Waals surface area contributed by atoms with Gasteiger partial charge in [-0.05, 0) is 54.7 Å². The molecule has 5 rings (SSSR count). The van der Waals surface area contributed by atoms with Gasteiger partial charge >= 0.3 is 0 Å². The molecule has 2 aromatic carbocycles. The second-order valence-corrected chi connectivity index (χ2v) is 9.21. The van der Waals surface area contributed by atoms with Gasteiger partial charge in [0.25, 0.3) is 0 Å². The van der Waals surface area contributed by atoms with Crippen LogP contribution in [0.25, 0.3) is 0 Å². The molecule has 1 saturated heterocycles. The Bertz CT molecular complexity index is 991. The molecule has 3 aliphatic rings. The van der Waals surface area contributed by atoms with Gasteiger partial charge in [-0.2, -0.15) is 5.10 Å². The van der Waals surface area contributed by atoms with Crippen LogP contribution >= 0.6 is 23.4 Å². The Morgan fingerprint density at radius 3 is 2.86 bits per heavy atom. The molecule has 0 saturated carbocycles. The lowest BCUT2D eigenvalue weighted by Crippen LogP contribution is -2.54. The zero-order valence-electron chi connectivity index (χ0n) is 16.5. The Hall–Kier alpha value is -2.15. The number of hydrazine groups is 1. The van der Waals surface area contributed by atoms with E-state index >= 15 is 0 Å². The van der Waals surface area contributed by atoms with Crippen molar-refractivity contribution in [1.82, 2.24) is 20.8 Å². The summed E-state index contributed by atoms with van der Waals surface area (Å²) in [6.45, 7) is 4.34. The van der Waals surface area contributed by atoms with E-state index in [0.717, 1.165) is 22.4 Å². The quantitative estimate of drug-likeness (QED) is 0.758. The van der Waals surface area contributed by atoms with Crippen molar-refractivity contribution in [2.24, 2.45) is 5.10 Å². The van der Waals surface area contributed by atoms with Gasteiger partial charge in [-0.1, -0.05) is 53.7 Å². The number of hydrogen-bond acceptors (Lipinski definition) is 6. The van der Waals surface area contributed by atoms with Gasteiger partial charge in [-0.15, -0.1) is 0 Å². The van der Waals surface area contributed by atoms with Crippen LogP contribution in [0.15, 0.2) is 60.0 Å². The molecular formula is C22H24ClN5S. The fourth-order valence-corrected chi connectivity index (χ4v) is 5.25. The molecule has 0 aromatic heterocycles. The molecule has 3 heterocycles. The van der Waals surface area contributed by atoms with Crippen molar-refractivity contribution < 1.29 is 0 Å². The third kappa shape index (κ3) is 3.61. The van der Waals surface area contributed by atoms with E-state index in [1.54, 1.807) is 11.8 Å². The molecule has 150 valence electrons. The third-order valence-corrected chi connectivity index (χ3v) is 7.17. The first-order chi connectivity index (χ1) is 14.1. The van der Waals surface area contributed by atoms with Crippen LogP contribution in [-0.2, 0) is 5.75 Å². The van der Waals surface area contributed by atoms with Crippen LogP contribution in [0.4, 0.5) is 0 Å². The first-order valence-electron chi connectivity index (χ1n) is 9.87. The van der Waals surface area contributed by atoms with Crippen molar-refractivity contribution in [1.29, 1.82) is 0 Å². The maximum atomic E-state index is 6.11. The highest BCUT2D eigenvalue weighted by Gasteiger charge is 2.44. The summed E-state index contributed by atoms with van der Waals surface area (Å²) in [5, 5.41) is 8.62. The van der Waals surface area contributed by atoms with E-state index < -0.39 is 0 Å². The van der Waals surface area contributed by atoms with Crippen molar-refractivity contribution in [3.63, 3.8) is 0 Å². The summed E-state index contributed by atoms with van der Waals surface area (Å²) >= 11 is 7.84. The molecule has 2 N–H and O–H groups in total. The molecular weight excluding hydrogens is 402 g/mol. The molecule has 3 aliphatic heterocycles. The summed E-state index contributed by atoms with van der Waals surface area (Å²) in [7, 11) is 0. The van der Waals surface area contributed by atoms with E-state index in [2.05, 4.69) is 76.4 Å². The number of aryl methyl sites for hydroxylation is 2. The number of halogens is 1. The van der Waals surface area contributed by atoms with Crippen molar-refractivity contribution in [3.05, 3.63) is 82.1 Å². The molecule has 1 fully saturated rings. The number of hydrogen-bond donors (Lipinski definition) is 2. The van der Waals surface area contributed by atoms with Crippen molar-refractivity contribution in [3.8, 4) is 0 Å². The van der Waals surface area contributed by atoms with Gasteiger partial charge < -0.3 is 9.91 Å². The first kappa shape index (κ1) is 18.9. The van der Waals surface area contributed by atoms with Crippen molar-refractivity contribution in [2.75, 3.05) is 0 Å². The Morgan fingerprint density at radius 2 is 2.03 bits per heavy atom. The van der Waals surface area contributed by atoms with Gasteiger partial charge in [0, 0.05) is 23.2 Å². The fourth-order valence-electron chi connectivity index (χ4n) is 4.12. The number of nitrogens with zero attached hydrogens (tertiary/aromatic N) is 3. The van der Waals surface area contributed by atoms with Crippen LogP contribution in [0.1, 0.15) is 34.7 Å². The van der Waals surface area contributed by atoms with E-state index in [4.69, 9.17) is 11.6 Å². The molecule has 0 aliphatic carbocycles. The van der Waals surface area contributed by atoms with Gasteiger partial charge in [0.05, 0.1) is 12.1 Å². The number of nitrogens with one attached hydrogen (secondary N) is 2. The monoisotopic (exact) mass is 425 g/mol. The molecule has 3 unspecified atom stereocenters. The minimum absolute atomic E-state index is 0.144. The SMILES string of the molecule is Cc1ccc(C2CC3C4NN=C(SCc5cccc(Cl)c5)N4C=CN3N2)cc1C. The van der Waals surface area contributed by atoms with E-state index in [1.807, 2.05) is 18.2 Å². The number of thioether (sulfide) groups is 1. The lowest BCUT2D eigenvalue weighted by atomic mass is 9.97. The average Bonchev–Trinajstić information content (AvgIpc) is 3.32. The Balaban J connectivity index is 1.26. The van der Waals surface area contributed by atoms with Crippen LogP contribution in [-0.4, -0.2) is 27.3 Å². The maximum Gasteiger partial charge on any atom is 0.189 e. The summed E-state index contributed by atoms with van der Waals surface area (Å²) in [4.78, 5) is 2.25. The molecule has 7 heteroatoms. The number of fused-ring (bicyclic) bond motifs is 3. The summed E-state index contributed by atoms with van der Waals surface area (Å²) in [6, 6.07) is 15.4. The number of hydrazone groups is 1. The van der Waals surface area contributed by atoms with Gasteiger partial charge in [-0.25, -0.2) is 5.43 Å². The lowest BCUT2D eigenvalue weighted by Gasteiger charge is -2.36. The maximum absolute atomic E-state index is 6.11. The molecule has 5 nitrogen and oxygen atoms in total. The standard InChI is InChI=1S/C22H24ClN5S/c1-14-6-7-17(10-15(14)2)19-12-20-21-24-25-22(27(21)8-9-28(20)26-19)29-13-16-4-3-5-18(23)11-16/h3-11,19-21,24,26H,12-13H2,1-2H3. The minimum Gasteiger partial charge on any atom is -0.306 e. The van der Waals surface area contributed by atoms with Gasteiger partial charge in [0.1, 0.15) is 6.17 Å². The van der Waals surface area contributed by atoms with E-state index in [1.165, 1.54) is 22.3 Å². The average molecular weight is 426 g/mol. The molecule has 0 bridgehead atoms. The van der Waals surface area contributed by atoms with Gasteiger partial charge in [0.2, 0.25) is 0 Å². The van der Waals surface area contributed by atoms with E-state index in [-0.39, 0.29) is 6.17 Å². The van der Waals surface area contributed by atoms with Crippen molar-refractivity contribution >= 4 is 28.5 Å². The zero-order valence-corrected chi connectivity index (χ0v) is 18.0. The zero-order chi connectivity index (χ0) is 20.0. The summed E-state index contributed by atoms with van der Waals surface area (Å²) < 4.78 is 0. The highest BCUT2D eigenvalue weighted by atomic mass is 35.5. The van der Waals surface area contributed by atoms with Crippen LogP contribution < -0.4 is 10.9 Å². The van der Waals surface area contributed by atoms with Crippen molar-refractivity contribution in [2.45, 2.75) is 44.3 Å². The van der Waals surface area contributed by atoms with E-state index in [0.29, 0.717) is 12.1 Å². The Labute approximate surface area is 180 Å². The molecule has 2 aromatic rings. The van der Waals surface area contributed by atoms with E-state index in [9.17, 15) is 0 Å². The normalized spacial score (nSPS) is 24.9. The van der Waals surface area contributed by atoms with Crippen LogP contribution in [0.5, 0.6) is 0 Å². The second-order valence-electron chi connectivity index (χ2n) is 7.83. The summed E-state index contributed by atoms with van der Waals surface area (Å²) in [6.07, 6.45) is 5.42. The molecule has 0 radical (unpaired) electrons. The summed E-state index contributed by atoms with van der Waals surface area (Å²) in [5.41, 5.74) is 12.2. The van der Waals surface area contributed by atoms with Gasteiger partial charge in [-0.3, -0.25) is 5.43 Å². The van der Waals surface area contributed by atoms with Gasteiger partial charge in [0.15, 0.2) is 5.17 Å².